The van der Waals surface area contributed by atoms with E-state index in [0.29, 0.717) is 12.1 Å². The van der Waals surface area contributed by atoms with Crippen LogP contribution in [0.2, 0.25) is 0 Å². The third kappa shape index (κ3) is 6.51. The van der Waals surface area contributed by atoms with Gasteiger partial charge in [-0.15, -0.1) is 61.8 Å². The molecule has 33 heavy (non-hydrogen) atoms. The minimum Gasteiger partial charge on any atom is -0.682 e. The molecule has 4 unspecified atom stereocenters. The largest absolute Gasteiger partial charge is 2.00 e. The van der Waals surface area contributed by atoms with Crippen molar-refractivity contribution in [3.05, 3.63) is 61.6 Å². The van der Waals surface area contributed by atoms with E-state index in [1.165, 1.54) is 49.7 Å². The molecule has 183 valence electrons. The van der Waals surface area contributed by atoms with E-state index in [1.807, 2.05) is 0 Å². The third-order valence-electron chi connectivity index (χ3n) is 6.89. The van der Waals surface area contributed by atoms with Crippen molar-refractivity contribution in [3.63, 3.8) is 0 Å². The molecule has 1 aromatic carbocycles. The molecule has 1 radical (unpaired) electrons. The summed E-state index contributed by atoms with van der Waals surface area (Å²) in [4.78, 5) is 8.47. The number of benzene rings is 1. The Hall–Kier alpha value is -2.06. The van der Waals surface area contributed by atoms with E-state index in [4.69, 9.17) is 26.0 Å². The molecule has 4 heterocycles. The van der Waals surface area contributed by atoms with Gasteiger partial charge in [0.2, 0.25) is 0 Å². The molecule has 9 heteroatoms. The summed E-state index contributed by atoms with van der Waals surface area (Å²) in [6.45, 7) is 3.78. The molecule has 3 fully saturated rings. The molecule has 0 aromatic heterocycles. The first-order chi connectivity index (χ1) is 15.6. The van der Waals surface area contributed by atoms with Gasteiger partial charge in [-0.1, -0.05) is 74.6 Å². The molecule has 1 saturated carbocycles. The minimum atomic E-state index is -1.25. The average molecular weight is 502 g/mol. The van der Waals surface area contributed by atoms with Crippen LogP contribution in [-0.2, 0) is 17.1 Å². The van der Waals surface area contributed by atoms with Gasteiger partial charge in [-0.25, -0.2) is 10.4 Å². The van der Waals surface area contributed by atoms with E-state index in [2.05, 4.69) is 47.1 Å². The van der Waals surface area contributed by atoms with Crippen LogP contribution in [0.5, 0.6) is 0 Å². The summed E-state index contributed by atoms with van der Waals surface area (Å²) in [6.07, 6.45) is 16.8. The first-order valence-corrected chi connectivity index (χ1v) is 11.7. The second-order valence-electron chi connectivity index (χ2n) is 8.86. The van der Waals surface area contributed by atoms with Crippen LogP contribution in [0.1, 0.15) is 49.7 Å². The van der Waals surface area contributed by atoms with E-state index in [1.54, 1.807) is 0 Å². The number of fused-ring (bicyclic) bond motifs is 6. The van der Waals surface area contributed by atoms with E-state index >= 15 is 0 Å². The molecule has 5 aliphatic rings. The summed E-state index contributed by atoms with van der Waals surface area (Å²) in [5.74, 6) is 1.79. The molecule has 1 aliphatic carbocycles. The summed E-state index contributed by atoms with van der Waals surface area (Å²) in [5.41, 5.74) is 4.51. The van der Waals surface area contributed by atoms with Crippen LogP contribution in [0.15, 0.2) is 24.3 Å². The number of hydrogen-bond donors (Lipinski definition) is 2. The van der Waals surface area contributed by atoms with Gasteiger partial charge in [0.15, 0.2) is 0 Å². The molecule has 8 nitrogen and oxygen atoms in total. The first kappa shape index (κ1) is 25.6. The minimum absolute atomic E-state index is 0. The van der Waals surface area contributed by atoms with Gasteiger partial charge >= 0.3 is 22.2 Å². The molecular weight excluding hydrogens is 470 g/mol. The van der Waals surface area contributed by atoms with Gasteiger partial charge in [-0.05, 0) is 11.1 Å². The number of piperidine rings is 2. The normalized spacial score (nSPS) is 28.1. The fourth-order valence-electron chi connectivity index (χ4n) is 5.52. The second kappa shape index (κ2) is 12.4. The van der Waals surface area contributed by atoms with Crippen molar-refractivity contribution in [2.24, 2.45) is 11.8 Å². The summed E-state index contributed by atoms with van der Waals surface area (Å²) in [5, 5.41) is 31.2. The van der Waals surface area contributed by atoms with Gasteiger partial charge in [-0.3, -0.25) is 0 Å². The molecular formula is C24H32CuN5O3-. The van der Waals surface area contributed by atoms with E-state index in [-0.39, 0.29) is 17.1 Å². The first-order valence-electron chi connectivity index (χ1n) is 11.7. The Bertz CT molecular complexity index is 796. The zero-order valence-corrected chi connectivity index (χ0v) is 19.6. The Morgan fingerprint density at radius 2 is 1.18 bits per heavy atom. The van der Waals surface area contributed by atoms with Crippen molar-refractivity contribution in [1.29, 1.82) is 0 Å². The summed E-state index contributed by atoms with van der Waals surface area (Å²) < 4.78 is 0. The van der Waals surface area contributed by atoms with Gasteiger partial charge in [0, 0.05) is 0 Å². The Kier molecular flexibility index (Phi) is 9.62. The fourth-order valence-corrected chi connectivity index (χ4v) is 5.52. The van der Waals surface area contributed by atoms with E-state index < -0.39 is 5.09 Å². The summed E-state index contributed by atoms with van der Waals surface area (Å²) in [6, 6.07) is 5.47. The monoisotopic (exact) mass is 501 g/mol. The van der Waals surface area contributed by atoms with Crippen LogP contribution in [0.3, 0.4) is 0 Å². The summed E-state index contributed by atoms with van der Waals surface area (Å²) in [7, 11) is 0. The molecule has 1 aromatic rings. The molecule has 4 atom stereocenters. The van der Waals surface area contributed by atoms with Crippen molar-refractivity contribution in [1.82, 2.24) is 0 Å². The van der Waals surface area contributed by atoms with Crippen LogP contribution in [-0.4, -0.2) is 53.8 Å². The second-order valence-corrected chi connectivity index (χ2v) is 8.86. The fraction of sp³-hybridized carbons (Fsp3) is 0.583. The zero-order chi connectivity index (χ0) is 22.3. The molecule has 0 spiro atoms. The SMILES string of the molecule is C1=Cc2ccc3c(c2[N-]C1)[N-]CC=C3.C1C[N-]C2C(C1)CCC1CCC[N-]C12.O=[N+](O)O.[Cu+2]. The Morgan fingerprint density at radius 3 is 1.61 bits per heavy atom. The predicted octanol–water partition coefficient (Wildman–Crippen LogP) is 6.38. The zero-order valence-electron chi connectivity index (χ0n) is 18.7. The van der Waals surface area contributed by atoms with Crippen LogP contribution in [0, 0.1) is 16.7 Å². The van der Waals surface area contributed by atoms with E-state index in [9.17, 15) is 0 Å². The third-order valence-corrected chi connectivity index (χ3v) is 6.89. The van der Waals surface area contributed by atoms with Gasteiger partial charge in [-0.2, -0.15) is 0 Å². The molecule has 6 rings (SSSR count). The molecule has 0 bridgehead atoms. The van der Waals surface area contributed by atoms with Gasteiger partial charge in [0.25, 0.3) is 0 Å². The average Bonchev–Trinajstić information content (AvgIpc) is 2.84. The number of nitrogens with zero attached hydrogens (tertiary/aromatic N) is 5. The van der Waals surface area contributed by atoms with Gasteiger partial charge in [0.05, 0.1) is 0 Å². The van der Waals surface area contributed by atoms with Crippen LogP contribution >= 0.6 is 0 Å². The van der Waals surface area contributed by atoms with Crippen molar-refractivity contribution >= 4 is 23.5 Å². The van der Waals surface area contributed by atoms with Crippen molar-refractivity contribution in [2.75, 3.05) is 26.2 Å². The number of hydrogen-bond acceptors (Lipinski definition) is 1. The van der Waals surface area contributed by atoms with Crippen LogP contribution in [0.25, 0.3) is 33.4 Å². The Labute approximate surface area is 206 Å². The topological polar surface area (TPSA) is 117 Å². The molecule has 2 N–H and O–H groups in total. The van der Waals surface area contributed by atoms with Crippen molar-refractivity contribution < 1.29 is 32.6 Å². The maximum absolute atomic E-state index is 8.47. The van der Waals surface area contributed by atoms with Crippen molar-refractivity contribution in [2.45, 2.75) is 50.6 Å². The molecule has 4 aliphatic heterocycles. The predicted molar refractivity (Wildman–Crippen MR) is 126 cm³/mol. The van der Waals surface area contributed by atoms with Crippen LogP contribution in [0.4, 0.5) is 11.4 Å². The van der Waals surface area contributed by atoms with Crippen LogP contribution < -0.4 is 0 Å². The van der Waals surface area contributed by atoms with Gasteiger partial charge in [0.1, 0.15) is 4.91 Å². The smallest absolute Gasteiger partial charge is 0.682 e. The molecule has 0 amide bonds. The standard InChI is InChI=1S/C12H20N2.C12H10N2.Cu.H2NO3/c2*1-3-9-5-6-10-4-2-8-14-12(10)11(9)13-7-1;;2-1(3)4/h9-12H,1-8H2;1-6H,7-8H2;;(H2,2,3,4)/q2*-2;+2;+1. The van der Waals surface area contributed by atoms with Gasteiger partial charge < -0.3 is 21.3 Å². The molecule has 2 saturated heterocycles. The Morgan fingerprint density at radius 1 is 0.758 bits per heavy atom. The number of rotatable bonds is 0. The maximum atomic E-state index is 8.47. The van der Waals surface area contributed by atoms with Crippen molar-refractivity contribution in [3.8, 4) is 0 Å². The summed E-state index contributed by atoms with van der Waals surface area (Å²) >= 11 is 0. The maximum Gasteiger partial charge on any atom is 2.00 e. The quantitative estimate of drug-likeness (QED) is 0.317. The Balaban J connectivity index is 0.000000156. The van der Waals surface area contributed by atoms with E-state index in [0.717, 1.165) is 49.4 Å².